The van der Waals surface area contributed by atoms with Crippen LogP contribution in [-0.4, -0.2) is 17.4 Å². The van der Waals surface area contributed by atoms with E-state index in [1.807, 2.05) is 12.1 Å². The third-order valence-electron chi connectivity index (χ3n) is 3.70. The number of phenols is 1. The summed E-state index contributed by atoms with van der Waals surface area (Å²) in [5.41, 5.74) is 6.82. The smallest absolute Gasteiger partial charge is 0.238 e. The monoisotopic (exact) mass is 320 g/mol. The number of aryl methyl sites for hydroxylation is 1. The fraction of sp³-hybridized carbons (Fsp3) is 0.556. The van der Waals surface area contributed by atoms with E-state index in [0.29, 0.717) is 18.6 Å². The molecule has 0 saturated carbocycles. The minimum atomic E-state index is -0.250. The number of rotatable bonds is 5. The predicted molar refractivity (Wildman–Crippen MR) is 91.2 cm³/mol. The number of nitrogens with one attached hydrogen (secondary N) is 2. The maximum atomic E-state index is 11.6. The molecule has 3 N–H and O–H groups in total. The van der Waals surface area contributed by atoms with Crippen molar-refractivity contribution in [3.63, 3.8) is 0 Å². The zero-order chi connectivity index (χ0) is 17.8. The molecule has 0 saturated heterocycles. The van der Waals surface area contributed by atoms with Crippen LogP contribution in [0.2, 0.25) is 0 Å². The molecule has 0 bridgehead atoms. The van der Waals surface area contributed by atoms with Crippen LogP contribution < -0.4 is 10.9 Å². The first-order valence-electron chi connectivity index (χ1n) is 7.81. The lowest BCUT2D eigenvalue weighted by Crippen LogP contribution is -2.36. The Balaban J connectivity index is 3.13. The Morgan fingerprint density at radius 2 is 1.57 bits per heavy atom. The summed E-state index contributed by atoms with van der Waals surface area (Å²) in [6, 6.07) is 3.93. The molecule has 0 aromatic heterocycles. The minimum Gasteiger partial charge on any atom is -0.507 e. The van der Waals surface area contributed by atoms with Crippen LogP contribution in [0.15, 0.2) is 12.1 Å². The van der Waals surface area contributed by atoms with Gasteiger partial charge in [-0.25, -0.2) is 0 Å². The number of benzene rings is 1. The average molecular weight is 320 g/mol. The molecular weight excluding hydrogens is 292 g/mol. The van der Waals surface area contributed by atoms with Gasteiger partial charge in [-0.1, -0.05) is 53.7 Å². The van der Waals surface area contributed by atoms with E-state index in [1.165, 1.54) is 0 Å². The SMILES string of the molecule is CC(C)(C)c1cc(CCC(=O)NNC=O)cc(C(C)(C)C)c1O. The molecule has 128 valence electrons. The van der Waals surface area contributed by atoms with E-state index >= 15 is 0 Å². The van der Waals surface area contributed by atoms with Crippen LogP contribution in [0.4, 0.5) is 0 Å². The summed E-state index contributed by atoms with van der Waals surface area (Å²) in [5, 5.41) is 10.6. The predicted octanol–water partition coefficient (Wildman–Crippen LogP) is 2.70. The molecule has 0 aliphatic heterocycles. The van der Waals surface area contributed by atoms with Crippen molar-refractivity contribution in [2.24, 2.45) is 0 Å². The Morgan fingerprint density at radius 3 is 1.96 bits per heavy atom. The molecule has 0 aliphatic carbocycles. The molecule has 0 radical (unpaired) electrons. The molecule has 1 aromatic carbocycles. The highest BCUT2D eigenvalue weighted by Crippen LogP contribution is 2.39. The summed E-state index contributed by atoms with van der Waals surface area (Å²) >= 11 is 0. The molecule has 0 unspecified atom stereocenters. The zero-order valence-corrected chi connectivity index (χ0v) is 14.9. The summed E-state index contributed by atoms with van der Waals surface area (Å²) in [4.78, 5) is 21.8. The van der Waals surface area contributed by atoms with Crippen LogP contribution in [0.5, 0.6) is 5.75 Å². The van der Waals surface area contributed by atoms with Gasteiger partial charge in [-0.3, -0.25) is 20.4 Å². The van der Waals surface area contributed by atoms with E-state index in [4.69, 9.17) is 0 Å². The van der Waals surface area contributed by atoms with Crippen molar-refractivity contribution >= 4 is 12.3 Å². The molecule has 23 heavy (non-hydrogen) atoms. The number of carbonyl (C=O) groups excluding carboxylic acids is 2. The highest BCUT2D eigenvalue weighted by Gasteiger charge is 2.26. The Hall–Kier alpha value is -2.04. The summed E-state index contributed by atoms with van der Waals surface area (Å²) in [5.74, 6) is 0.0839. The molecule has 0 aliphatic rings. The highest BCUT2D eigenvalue weighted by atomic mass is 16.3. The standard InChI is InChI=1S/C18H28N2O3/c1-17(2,3)13-9-12(7-8-15(22)20-19-11-21)10-14(16(13)23)18(4,5)6/h9-11,23H,7-8H2,1-6H3,(H,19,21)(H,20,22). The molecule has 0 fully saturated rings. The van der Waals surface area contributed by atoms with Gasteiger partial charge in [0.05, 0.1) is 0 Å². The Morgan fingerprint density at radius 1 is 1.09 bits per heavy atom. The normalized spacial score (nSPS) is 11.9. The van der Waals surface area contributed by atoms with Gasteiger partial charge in [-0.15, -0.1) is 0 Å². The van der Waals surface area contributed by atoms with Crippen molar-refractivity contribution < 1.29 is 14.7 Å². The van der Waals surface area contributed by atoms with Crippen molar-refractivity contribution in [3.05, 3.63) is 28.8 Å². The lowest BCUT2D eigenvalue weighted by Gasteiger charge is -2.28. The molecule has 1 aromatic rings. The largest absolute Gasteiger partial charge is 0.507 e. The number of hydrogen-bond donors (Lipinski definition) is 3. The van der Waals surface area contributed by atoms with Crippen molar-refractivity contribution in [2.45, 2.75) is 65.2 Å². The quantitative estimate of drug-likeness (QED) is 0.576. The number of aromatic hydroxyl groups is 1. The van der Waals surface area contributed by atoms with Gasteiger partial charge < -0.3 is 5.11 Å². The first kappa shape index (κ1) is 19.0. The minimum absolute atomic E-state index is 0.193. The number of phenolic OH excluding ortho intramolecular Hbond substituents is 1. The van der Waals surface area contributed by atoms with Crippen molar-refractivity contribution in [1.29, 1.82) is 0 Å². The maximum absolute atomic E-state index is 11.6. The van der Waals surface area contributed by atoms with Crippen LogP contribution in [0.25, 0.3) is 0 Å². The summed E-state index contributed by atoms with van der Waals surface area (Å²) in [6.45, 7) is 12.3. The van der Waals surface area contributed by atoms with Gasteiger partial charge in [0, 0.05) is 6.42 Å². The molecule has 0 spiro atoms. The van der Waals surface area contributed by atoms with Crippen molar-refractivity contribution in [1.82, 2.24) is 10.9 Å². The second-order valence-electron chi connectivity index (χ2n) is 7.85. The molecule has 1 rings (SSSR count). The topological polar surface area (TPSA) is 78.4 Å². The second kappa shape index (κ2) is 7.02. The van der Waals surface area contributed by atoms with Gasteiger partial charge >= 0.3 is 0 Å². The number of amides is 2. The molecule has 5 heteroatoms. The first-order valence-corrected chi connectivity index (χ1v) is 7.81. The van der Waals surface area contributed by atoms with Crippen molar-refractivity contribution in [3.8, 4) is 5.75 Å². The van der Waals surface area contributed by atoms with Crippen molar-refractivity contribution in [2.75, 3.05) is 0 Å². The molecule has 0 atom stereocenters. The van der Waals surface area contributed by atoms with Gasteiger partial charge in [0.1, 0.15) is 5.75 Å². The number of hydrogen-bond acceptors (Lipinski definition) is 3. The van der Waals surface area contributed by atoms with E-state index in [2.05, 4.69) is 52.4 Å². The fourth-order valence-electron chi connectivity index (χ4n) is 2.41. The number of carbonyl (C=O) groups is 2. The van der Waals surface area contributed by atoms with Crippen LogP contribution in [0.3, 0.4) is 0 Å². The summed E-state index contributed by atoms with van der Waals surface area (Å²) in [6.07, 6.45) is 1.23. The number of hydrazine groups is 1. The fourth-order valence-corrected chi connectivity index (χ4v) is 2.41. The Bertz CT molecular complexity index is 546. The van der Waals surface area contributed by atoms with Gasteiger partial charge in [-0.05, 0) is 33.9 Å². The van der Waals surface area contributed by atoms with E-state index < -0.39 is 0 Å². The van der Waals surface area contributed by atoms with Gasteiger partial charge in [0.25, 0.3) is 0 Å². The Labute approximate surface area is 138 Å². The lowest BCUT2D eigenvalue weighted by atomic mass is 9.78. The van der Waals surface area contributed by atoms with Crippen LogP contribution in [-0.2, 0) is 26.8 Å². The molecule has 2 amide bonds. The van der Waals surface area contributed by atoms with Crippen LogP contribution >= 0.6 is 0 Å². The van der Waals surface area contributed by atoms with Gasteiger partial charge in [-0.2, -0.15) is 0 Å². The molecular formula is C18H28N2O3. The third-order valence-corrected chi connectivity index (χ3v) is 3.70. The van der Waals surface area contributed by atoms with Crippen LogP contribution in [0.1, 0.15) is 64.7 Å². The maximum Gasteiger partial charge on any atom is 0.238 e. The second-order valence-corrected chi connectivity index (χ2v) is 7.85. The average Bonchev–Trinajstić information content (AvgIpc) is 2.41. The zero-order valence-electron chi connectivity index (χ0n) is 14.9. The van der Waals surface area contributed by atoms with E-state index in [-0.39, 0.29) is 23.2 Å². The van der Waals surface area contributed by atoms with E-state index in [9.17, 15) is 14.7 Å². The summed E-state index contributed by atoms with van der Waals surface area (Å²) < 4.78 is 0. The first-order chi connectivity index (χ1) is 10.5. The van der Waals surface area contributed by atoms with Gasteiger partial charge in [0.15, 0.2) is 0 Å². The van der Waals surface area contributed by atoms with Crippen LogP contribution in [0, 0.1) is 0 Å². The Kier molecular flexibility index (Phi) is 5.81. The summed E-state index contributed by atoms with van der Waals surface area (Å²) in [7, 11) is 0. The lowest BCUT2D eigenvalue weighted by molar-refractivity contribution is -0.124. The van der Waals surface area contributed by atoms with E-state index in [0.717, 1.165) is 16.7 Å². The van der Waals surface area contributed by atoms with Gasteiger partial charge in [0.2, 0.25) is 12.3 Å². The highest BCUT2D eigenvalue weighted by molar-refractivity contribution is 5.77. The third kappa shape index (κ3) is 5.27. The molecule has 5 nitrogen and oxygen atoms in total. The van der Waals surface area contributed by atoms with E-state index in [1.54, 1.807) is 0 Å². The molecule has 0 heterocycles.